The molecule has 1 rings (SSSR count). The van der Waals surface area contributed by atoms with Gasteiger partial charge in [-0.2, -0.15) is 0 Å². The predicted molar refractivity (Wildman–Crippen MR) is 58.3 cm³/mol. The van der Waals surface area contributed by atoms with Crippen molar-refractivity contribution in [2.24, 2.45) is 5.92 Å². The van der Waals surface area contributed by atoms with Gasteiger partial charge in [-0.3, -0.25) is 9.59 Å². The number of piperidine rings is 1. The molecule has 0 aromatic heterocycles. The molecule has 0 radical (unpaired) electrons. The first kappa shape index (κ1) is 13.9. The van der Waals surface area contributed by atoms with E-state index in [9.17, 15) is 9.59 Å². The highest BCUT2D eigenvalue weighted by atomic mass is 16.5. The third-order valence-electron chi connectivity index (χ3n) is 2.47. The molecule has 4 nitrogen and oxygen atoms in total. The largest absolute Gasteiger partial charge is 0.469 e. The van der Waals surface area contributed by atoms with E-state index in [2.05, 4.69) is 4.74 Å². The van der Waals surface area contributed by atoms with Gasteiger partial charge in [0.1, 0.15) is 0 Å². The molecule has 88 valence electrons. The molecule has 4 heteroatoms. The van der Waals surface area contributed by atoms with Crippen molar-refractivity contribution in [2.75, 3.05) is 20.2 Å². The lowest BCUT2D eigenvalue weighted by molar-refractivity contribution is -0.148. The molecule has 15 heavy (non-hydrogen) atoms. The average molecular weight is 215 g/mol. The number of hydrogen-bond donors (Lipinski definition) is 0. The van der Waals surface area contributed by atoms with Gasteiger partial charge in [-0.1, -0.05) is 13.8 Å². The molecule has 0 spiro atoms. The Morgan fingerprint density at radius 3 is 2.00 bits per heavy atom. The van der Waals surface area contributed by atoms with Gasteiger partial charge in [0, 0.05) is 20.0 Å². The van der Waals surface area contributed by atoms with Crippen LogP contribution in [-0.4, -0.2) is 37.0 Å². The Hall–Kier alpha value is -1.06. The molecule has 0 aromatic rings. The number of carbonyl (C=O) groups is 2. The van der Waals surface area contributed by atoms with Gasteiger partial charge in [0.05, 0.1) is 13.0 Å². The summed E-state index contributed by atoms with van der Waals surface area (Å²) in [5.74, 6) is -0.0767. The Kier molecular flexibility index (Phi) is 6.75. The number of rotatable bonds is 1. The Bertz CT molecular complexity index is 208. The number of likely N-dealkylation sites (tertiary alicyclic amines) is 1. The zero-order valence-corrected chi connectivity index (χ0v) is 10.1. The molecule has 1 aliphatic rings. The Balaban J connectivity index is 0.000000921. The summed E-state index contributed by atoms with van der Waals surface area (Å²) in [7, 11) is 1.40. The van der Waals surface area contributed by atoms with Crippen molar-refractivity contribution in [3.63, 3.8) is 0 Å². The molecule has 0 atom stereocenters. The second kappa shape index (κ2) is 7.26. The highest BCUT2D eigenvalue weighted by molar-refractivity contribution is 5.75. The van der Waals surface area contributed by atoms with E-state index in [0.29, 0.717) is 13.1 Å². The van der Waals surface area contributed by atoms with Crippen LogP contribution in [0.2, 0.25) is 0 Å². The molecule has 1 saturated heterocycles. The van der Waals surface area contributed by atoms with Crippen LogP contribution in [0.5, 0.6) is 0 Å². The molecule has 0 unspecified atom stereocenters. The van der Waals surface area contributed by atoms with Crippen LogP contribution in [0.3, 0.4) is 0 Å². The summed E-state index contributed by atoms with van der Waals surface area (Å²) < 4.78 is 4.64. The molecule has 1 heterocycles. The summed E-state index contributed by atoms with van der Waals surface area (Å²) in [6.07, 6.45) is 1.46. The second-order valence-corrected chi connectivity index (χ2v) is 3.30. The smallest absolute Gasteiger partial charge is 0.308 e. The maximum absolute atomic E-state index is 11.1. The number of hydrogen-bond acceptors (Lipinski definition) is 3. The normalized spacial score (nSPS) is 16.4. The molecule has 0 aliphatic carbocycles. The maximum Gasteiger partial charge on any atom is 0.308 e. The third-order valence-corrected chi connectivity index (χ3v) is 2.47. The fraction of sp³-hybridized carbons (Fsp3) is 0.818. The van der Waals surface area contributed by atoms with Gasteiger partial charge < -0.3 is 9.64 Å². The van der Waals surface area contributed by atoms with E-state index in [1.807, 2.05) is 13.8 Å². The molecule has 0 aromatic carbocycles. The molecular weight excluding hydrogens is 194 g/mol. The Morgan fingerprint density at radius 2 is 1.67 bits per heavy atom. The summed E-state index contributed by atoms with van der Waals surface area (Å²) >= 11 is 0. The SMILES string of the molecule is CC.COC(=O)C1CCN(C(C)=O)CC1. The monoisotopic (exact) mass is 215 g/mol. The van der Waals surface area contributed by atoms with Crippen molar-refractivity contribution in [3.05, 3.63) is 0 Å². The van der Waals surface area contributed by atoms with E-state index < -0.39 is 0 Å². The zero-order chi connectivity index (χ0) is 11.8. The van der Waals surface area contributed by atoms with Gasteiger partial charge in [0.15, 0.2) is 0 Å². The number of methoxy groups -OCH3 is 1. The van der Waals surface area contributed by atoms with Gasteiger partial charge in [0.2, 0.25) is 5.91 Å². The number of ether oxygens (including phenoxy) is 1. The molecular formula is C11H21NO3. The lowest BCUT2D eigenvalue weighted by Gasteiger charge is -2.29. The summed E-state index contributed by atoms with van der Waals surface area (Å²) in [5, 5.41) is 0. The van der Waals surface area contributed by atoms with Gasteiger partial charge in [-0.25, -0.2) is 0 Å². The summed E-state index contributed by atoms with van der Waals surface area (Å²) in [5.41, 5.74) is 0. The lowest BCUT2D eigenvalue weighted by Crippen LogP contribution is -2.39. The minimum Gasteiger partial charge on any atom is -0.469 e. The number of esters is 1. The standard InChI is InChI=1S/C9H15NO3.C2H6/c1-7(11)10-5-3-8(4-6-10)9(12)13-2;1-2/h8H,3-6H2,1-2H3;1-2H3. The number of amides is 1. The average Bonchev–Trinajstić information content (AvgIpc) is 2.31. The first-order valence-corrected chi connectivity index (χ1v) is 5.48. The van der Waals surface area contributed by atoms with E-state index in [1.165, 1.54) is 7.11 Å². The van der Waals surface area contributed by atoms with E-state index >= 15 is 0 Å². The summed E-state index contributed by atoms with van der Waals surface area (Å²) in [6.45, 7) is 6.91. The van der Waals surface area contributed by atoms with Gasteiger partial charge in [-0.15, -0.1) is 0 Å². The van der Waals surface area contributed by atoms with Crippen LogP contribution < -0.4 is 0 Å². The van der Waals surface area contributed by atoms with Crippen LogP contribution in [0, 0.1) is 5.92 Å². The molecule has 0 bridgehead atoms. The highest BCUT2D eigenvalue weighted by Gasteiger charge is 2.26. The van der Waals surface area contributed by atoms with Crippen LogP contribution in [0.1, 0.15) is 33.6 Å². The Morgan fingerprint density at radius 1 is 1.20 bits per heavy atom. The second-order valence-electron chi connectivity index (χ2n) is 3.30. The quantitative estimate of drug-likeness (QED) is 0.622. The zero-order valence-electron chi connectivity index (χ0n) is 10.1. The fourth-order valence-electron chi connectivity index (χ4n) is 1.60. The van der Waals surface area contributed by atoms with Crippen LogP contribution in [0.15, 0.2) is 0 Å². The molecule has 1 amide bonds. The van der Waals surface area contributed by atoms with Gasteiger partial charge in [0.25, 0.3) is 0 Å². The summed E-state index contributed by atoms with van der Waals surface area (Å²) in [6, 6.07) is 0. The Labute approximate surface area is 91.6 Å². The van der Waals surface area contributed by atoms with Crippen LogP contribution >= 0.6 is 0 Å². The lowest BCUT2D eigenvalue weighted by atomic mass is 9.97. The van der Waals surface area contributed by atoms with Crippen molar-refractivity contribution in [1.82, 2.24) is 4.90 Å². The minimum absolute atomic E-state index is 0.0133. The van der Waals surface area contributed by atoms with Gasteiger partial charge >= 0.3 is 5.97 Å². The third kappa shape index (κ3) is 4.32. The maximum atomic E-state index is 11.1. The number of carbonyl (C=O) groups excluding carboxylic acids is 2. The minimum atomic E-state index is -0.150. The van der Waals surface area contributed by atoms with Crippen molar-refractivity contribution in [2.45, 2.75) is 33.6 Å². The van der Waals surface area contributed by atoms with Crippen LogP contribution in [-0.2, 0) is 14.3 Å². The van der Waals surface area contributed by atoms with Crippen LogP contribution in [0.25, 0.3) is 0 Å². The van der Waals surface area contributed by atoms with E-state index in [-0.39, 0.29) is 17.8 Å². The van der Waals surface area contributed by atoms with Crippen LogP contribution in [0.4, 0.5) is 0 Å². The van der Waals surface area contributed by atoms with E-state index in [4.69, 9.17) is 0 Å². The highest BCUT2D eigenvalue weighted by Crippen LogP contribution is 2.18. The molecule has 1 aliphatic heterocycles. The first-order chi connectivity index (χ1) is 7.15. The summed E-state index contributed by atoms with van der Waals surface area (Å²) in [4.78, 5) is 23.8. The van der Waals surface area contributed by atoms with Crippen molar-refractivity contribution in [1.29, 1.82) is 0 Å². The number of nitrogens with zero attached hydrogens (tertiary/aromatic N) is 1. The molecule has 1 fully saturated rings. The van der Waals surface area contributed by atoms with Gasteiger partial charge in [-0.05, 0) is 12.8 Å². The fourth-order valence-corrected chi connectivity index (χ4v) is 1.60. The van der Waals surface area contributed by atoms with E-state index in [1.54, 1.807) is 11.8 Å². The molecule has 0 saturated carbocycles. The topological polar surface area (TPSA) is 46.6 Å². The first-order valence-electron chi connectivity index (χ1n) is 5.48. The predicted octanol–water partition coefficient (Wildman–Crippen LogP) is 1.44. The van der Waals surface area contributed by atoms with Crippen molar-refractivity contribution >= 4 is 11.9 Å². The van der Waals surface area contributed by atoms with E-state index in [0.717, 1.165) is 12.8 Å². The van der Waals surface area contributed by atoms with Crippen molar-refractivity contribution in [3.8, 4) is 0 Å². The van der Waals surface area contributed by atoms with Crippen molar-refractivity contribution < 1.29 is 14.3 Å². The molecule has 0 N–H and O–H groups in total.